The third-order valence-electron chi connectivity index (χ3n) is 3.45. The van der Waals surface area contributed by atoms with Gasteiger partial charge < -0.3 is 4.90 Å². The third-order valence-corrected chi connectivity index (χ3v) is 5.44. The Morgan fingerprint density at radius 1 is 1.35 bits per heavy atom. The first-order valence-corrected chi connectivity index (χ1v) is 8.46. The molecule has 1 fully saturated rings. The molecule has 1 saturated heterocycles. The van der Waals surface area contributed by atoms with E-state index >= 15 is 0 Å². The van der Waals surface area contributed by atoms with Crippen LogP contribution in [0.5, 0.6) is 0 Å². The maximum Gasteiger partial charge on any atom is 0.286 e. The minimum Gasteiger partial charge on any atom is -0.349 e. The molecule has 0 unspecified atom stereocenters. The first-order chi connectivity index (χ1) is 9.65. The van der Waals surface area contributed by atoms with Crippen molar-refractivity contribution < 1.29 is 4.79 Å². The summed E-state index contributed by atoms with van der Waals surface area (Å²) in [5, 5.41) is 5.04. The Kier molecular flexibility index (Phi) is 3.89. The number of carbonyl (C=O) groups excluding carboxylic acids is 1. The zero-order valence-electron chi connectivity index (χ0n) is 11.5. The molecule has 7 heteroatoms. The first kappa shape index (κ1) is 13.8. The van der Waals surface area contributed by atoms with E-state index in [0.717, 1.165) is 41.0 Å². The van der Waals surface area contributed by atoms with Crippen molar-refractivity contribution in [2.75, 3.05) is 24.6 Å². The standard InChI is InChI=1S/C13H16N4OS2/c1-9-10(8-14-16(9)2)7-11-12(18)15-13(20-11)17-3-5-19-6-4-17/h7-8H,3-6H2,1-2H3. The Labute approximate surface area is 126 Å². The van der Waals surface area contributed by atoms with Gasteiger partial charge in [0.05, 0.1) is 11.1 Å². The Morgan fingerprint density at radius 3 is 2.75 bits per heavy atom. The fraction of sp³-hybridized carbons (Fsp3) is 0.462. The molecule has 0 bridgehead atoms. The number of carbonyl (C=O) groups is 1. The average Bonchev–Trinajstić information content (AvgIpc) is 2.98. The maximum atomic E-state index is 12.0. The smallest absolute Gasteiger partial charge is 0.286 e. The van der Waals surface area contributed by atoms with Crippen LogP contribution in [-0.4, -0.2) is 50.4 Å². The van der Waals surface area contributed by atoms with Crippen LogP contribution in [0.1, 0.15) is 11.3 Å². The van der Waals surface area contributed by atoms with Crippen LogP contribution in [0.2, 0.25) is 0 Å². The number of hydrogen-bond donors (Lipinski definition) is 0. The Morgan fingerprint density at radius 2 is 2.10 bits per heavy atom. The number of aryl methyl sites for hydroxylation is 1. The quantitative estimate of drug-likeness (QED) is 0.740. The molecule has 0 N–H and O–H groups in total. The van der Waals surface area contributed by atoms with Crippen molar-refractivity contribution in [1.29, 1.82) is 0 Å². The SMILES string of the molecule is Cc1c(C=C2SC(N3CCSCC3)=NC2=O)cnn1C. The molecule has 0 radical (unpaired) electrons. The van der Waals surface area contributed by atoms with Crippen molar-refractivity contribution in [3.8, 4) is 0 Å². The lowest BCUT2D eigenvalue weighted by atomic mass is 10.2. The molecule has 1 aromatic heterocycles. The zero-order valence-corrected chi connectivity index (χ0v) is 13.1. The van der Waals surface area contributed by atoms with Crippen molar-refractivity contribution in [1.82, 2.24) is 14.7 Å². The van der Waals surface area contributed by atoms with E-state index < -0.39 is 0 Å². The maximum absolute atomic E-state index is 12.0. The van der Waals surface area contributed by atoms with Gasteiger partial charge in [0.2, 0.25) is 0 Å². The van der Waals surface area contributed by atoms with Gasteiger partial charge in [-0.15, -0.1) is 0 Å². The van der Waals surface area contributed by atoms with Crippen LogP contribution in [0, 0.1) is 6.92 Å². The Hall–Kier alpha value is -1.21. The van der Waals surface area contributed by atoms with E-state index in [1.165, 1.54) is 11.8 Å². The highest BCUT2D eigenvalue weighted by atomic mass is 32.2. The second kappa shape index (κ2) is 5.65. The summed E-state index contributed by atoms with van der Waals surface area (Å²) in [6, 6.07) is 0. The summed E-state index contributed by atoms with van der Waals surface area (Å²) in [6.07, 6.45) is 3.68. The van der Waals surface area contributed by atoms with Gasteiger partial charge in [0, 0.05) is 42.9 Å². The van der Waals surface area contributed by atoms with Gasteiger partial charge >= 0.3 is 0 Å². The number of nitrogens with zero attached hydrogens (tertiary/aromatic N) is 4. The molecule has 2 aliphatic heterocycles. The van der Waals surface area contributed by atoms with Gasteiger partial charge in [0.15, 0.2) is 5.17 Å². The van der Waals surface area contributed by atoms with Crippen LogP contribution in [0.25, 0.3) is 6.08 Å². The van der Waals surface area contributed by atoms with Crippen molar-refractivity contribution >= 4 is 40.7 Å². The number of rotatable bonds is 1. The fourth-order valence-corrected chi connectivity index (χ4v) is 3.95. The predicted octanol–water partition coefficient (Wildman–Crippen LogP) is 1.75. The van der Waals surface area contributed by atoms with E-state index in [1.807, 2.05) is 31.8 Å². The second-order valence-corrected chi connectivity index (χ2v) is 6.95. The summed E-state index contributed by atoms with van der Waals surface area (Å²) >= 11 is 3.43. The van der Waals surface area contributed by atoms with Crippen LogP contribution in [0.3, 0.4) is 0 Å². The van der Waals surface area contributed by atoms with Crippen LogP contribution in [-0.2, 0) is 11.8 Å². The summed E-state index contributed by atoms with van der Waals surface area (Å²) < 4.78 is 1.81. The summed E-state index contributed by atoms with van der Waals surface area (Å²) in [4.78, 5) is 19.1. The number of hydrogen-bond acceptors (Lipinski definition) is 5. The molecule has 0 aromatic carbocycles. The fourth-order valence-electron chi connectivity index (χ4n) is 2.09. The van der Waals surface area contributed by atoms with Crippen LogP contribution < -0.4 is 0 Å². The highest BCUT2D eigenvalue weighted by molar-refractivity contribution is 8.18. The van der Waals surface area contributed by atoms with Gasteiger partial charge in [-0.2, -0.15) is 21.9 Å². The van der Waals surface area contributed by atoms with Crippen molar-refractivity contribution in [2.45, 2.75) is 6.92 Å². The normalized spacial score (nSPS) is 21.7. The van der Waals surface area contributed by atoms with Crippen molar-refractivity contribution in [3.63, 3.8) is 0 Å². The highest BCUT2D eigenvalue weighted by Crippen LogP contribution is 2.31. The molecule has 3 heterocycles. The lowest BCUT2D eigenvalue weighted by molar-refractivity contribution is -0.113. The van der Waals surface area contributed by atoms with E-state index in [4.69, 9.17) is 0 Å². The van der Waals surface area contributed by atoms with Gasteiger partial charge in [-0.3, -0.25) is 9.48 Å². The summed E-state index contributed by atoms with van der Waals surface area (Å²) in [7, 11) is 1.90. The number of aliphatic imine (C=N–C) groups is 1. The molecule has 3 rings (SSSR count). The lowest BCUT2D eigenvalue weighted by Crippen LogP contribution is -2.35. The molecular formula is C13H16N4OS2. The third kappa shape index (κ3) is 2.64. The van der Waals surface area contributed by atoms with Crippen LogP contribution >= 0.6 is 23.5 Å². The number of thioether (sulfide) groups is 2. The molecule has 106 valence electrons. The highest BCUT2D eigenvalue weighted by Gasteiger charge is 2.27. The first-order valence-electron chi connectivity index (χ1n) is 6.49. The molecule has 1 aromatic rings. The van der Waals surface area contributed by atoms with Crippen molar-refractivity contribution in [2.24, 2.45) is 12.0 Å². The Bertz CT molecular complexity index is 600. The molecule has 0 aliphatic carbocycles. The van der Waals surface area contributed by atoms with E-state index in [-0.39, 0.29) is 5.91 Å². The zero-order chi connectivity index (χ0) is 14.1. The summed E-state index contributed by atoms with van der Waals surface area (Å²) in [5.74, 6) is 2.08. The van der Waals surface area contributed by atoms with E-state index in [2.05, 4.69) is 15.0 Å². The largest absolute Gasteiger partial charge is 0.349 e. The van der Waals surface area contributed by atoms with E-state index in [0.29, 0.717) is 4.91 Å². The minimum atomic E-state index is -0.133. The minimum absolute atomic E-state index is 0.133. The van der Waals surface area contributed by atoms with Crippen LogP contribution in [0.15, 0.2) is 16.1 Å². The molecule has 20 heavy (non-hydrogen) atoms. The monoisotopic (exact) mass is 308 g/mol. The molecule has 0 atom stereocenters. The van der Waals surface area contributed by atoms with E-state index in [1.54, 1.807) is 10.9 Å². The van der Waals surface area contributed by atoms with Gasteiger partial charge in [-0.05, 0) is 24.8 Å². The van der Waals surface area contributed by atoms with Gasteiger partial charge in [0.1, 0.15) is 0 Å². The van der Waals surface area contributed by atoms with Gasteiger partial charge in [0.25, 0.3) is 5.91 Å². The van der Waals surface area contributed by atoms with Crippen LogP contribution in [0.4, 0.5) is 0 Å². The molecule has 0 saturated carbocycles. The number of amidine groups is 1. The molecule has 2 aliphatic rings. The average molecular weight is 308 g/mol. The van der Waals surface area contributed by atoms with Gasteiger partial charge in [-0.25, -0.2) is 0 Å². The van der Waals surface area contributed by atoms with Crippen molar-refractivity contribution in [3.05, 3.63) is 22.4 Å². The Balaban J connectivity index is 1.78. The number of aromatic nitrogens is 2. The van der Waals surface area contributed by atoms with E-state index in [9.17, 15) is 4.79 Å². The lowest BCUT2D eigenvalue weighted by Gasteiger charge is -2.26. The number of amides is 1. The predicted molar refractivity (Wildman–Crippen MR) is 84.9 cm³/mol. The second-order valence-electron chi connectivity index (χ2n) is 4.72. The molecule has 5 nitrogen and oxygen atoms in total. The summed E-state index contributed by atoms with van der Waals surface area (Å²) in [6.45, 7) is 3.94. The molecular weight excluding hydrogens is 292 g/mol. The topological polar surface area (TPSA) is 50.5 Å². The molecule has 0 spiro atoms. The molecule has 1 amide bonds. The van der Waals surface area contributed by atoms with Gasteiger partial charge in [-0.1, -0.05) is 0 Å². The summed E-state index contributed by atoms with van der Waals surface area (Å²) in [5.41, 5.74) is 2.03.